The van der Waals surface area contributed by atoms with Gasteiger partial charge in [0, 0.05) is 10.3 Å². The van der Waals surface area contributed by atoms with Gasteiger partial charge in [0.05, 0.1) is 0 Å². The molecule has 0 aliphatic carbocycles. The molecular weight excluding hydrogens is 344 g/mol. The number of thioether (sulfide) groups is 1. The smallest absolute Gasteiger partial charge is 0.277 e. The molecule has 0 N–H and O–H groups in total. The van der Waals surface area contributed by atoms with Crippen molar-refractivity contribution in [1.82, 2.24) is 10.2 Å². The first-order chi connectivity index (χ1) is 11.6. The van der Waals surface area contributed by atoms with E-state index < -0.39 is 0 Å². The largest absolute Gasteiger partial charge is 0.484 e. The zero-order chi connectivity index (χ0) is 16.9. The Morgan fingerprint density at radius 1 is 1.17 bits per heavy atom. The summed E-state index contributed by atoms with van der Waals surface area (Å²) in [6, 6.07) is 15.6. The Balaban J connectivity index is 1.60. The van der Waals surface area contributed by atoms with E-state index in [2.05, 4.69) is 17.1 Å². The van der Waals surface area contributed by atoms with Crippen LogP contribution in [0.2, 0.25) is 5.02 Å². The van der Waals surface area contributed by atoms with Gasteiger partial charge >= 0.3 is 0 Å². The van der Waals surface area contributed by atoms with E-state index >= 15 is 0 Å². The molecule has 4 nitrogen and oxygen atoms in total. The van der Waals surface area contributed by atoms with E-state index in [9.17, 15) is 0 Å². The summed E-state index contributed by atoms with van der Waals surface area (Å²) < 4.78 is 11.3. The normalized spacial score (nSPS) is 12.1. The molecule has 3 rings (SSSR count). The van der Waals surface area contributed by atoms with E-state index in [1.54, 1.807) is 0 Å². The molecule has 124 valence electrons. The summed E-state index contributed by atoms with van der Waals surface area (Å²) >= 11 is 7.70. The monoisotopic (exact) mass is 360 g/mol. The maximum atomic E-state index is 6.22. The molecule has 2 aromatic carbocycles. The second-order valence-corrected chi connectivity index (χ2v) is 7.05. The lowest BCUT2D eigenvalue weighted by Gasteiger charge is -2.10. The number of aryl methyl sites for hydroxylation is 1. The van der Waals surface area contributed by atoms with Crippen LogP contribution in [0.1, 0.15) is 29.2 Å². The predicted molar refractivity (Wildman–Crippen MR) is 95.5 cm³/mol. The molecule has 3 aromatic rings. The highest BCUT2D eigenvalue weighted by molar-refractivity contribution is 7.99. The van der Waals surface area contributed by atoms with Gasteiger partial charge in [0.15, 0.2) is 6.61 Å². The van der Waals surface area contributed by atoms with Gasteiger partial charge in [-0.15, -0.1) is 10.2 Å². The molecule has 0 spiro atoms. The third-order valence-corrected chi connectivity index (χ3v) is 4.74. The van der Waals surface area contributed by atoms with Gasteiger partial charge in [0.1, 0.15) is 5.75 Å². The van der Waals surface area contributed by atoms with E-state index in [1.165, 1.54) is 11.8 Å². The SMILES string of the molecule is Cc1cccc(OCc2nnc(SC(C)c3ccccc3Cl)o2)c1. The molecule has 6 heteroatoms. The lowest BCUT2D eigenvalue weighted by atomic mass is 10.2. The molecule has 1 aromatic heterocycles. The van der Waals surface area contributed by atoms with E-state index in [0.717, 1.165) is 21.9 Å². The first-order valence-electron chi connectivity index (χ1n) is 7.55. The fraction of sp³-hybridized carbons (Fsp3) is 0.222. The third-order valence-electron chi connectivity index (χ3n) is 3.42. The fourth-order valence-corrected chi connectivity index (χ4v) is 3.45. The van der Waals surface area contributed by atoms with Crippen LogP contribution in [0.3, 0.4) is 0 Å². The molecule has 0 radical (unpaired) electrons. The minimum Gasteiger partial charge on any atom is -0.484 e. The highest BCUT2D eigenvalue weighted by Gasteiger charge is 2.15. The Bertz CT molecular complexity index is 822. The van der Waals surface area contributed by atoms with Crippen LogP contribution in [0.15, 0.2) is 58.2 Å². The van der Waals surface area contributed by atoms with Gasteiger partial charge in [0.2, 0.25) is 0 Å². The summed E-state index contributed by atoms with van der Waals surface area (Å²) in [4.78, 5) is 0. The first kappa shape index (κ1) is 16.9. The summed E-state index contributed by atoms with van der Waals surface area (Å²) in [6.07, 6.45) is 0. The topological polar surface area (TPSA) is 48.2 Å². The Hall–Kier alpha value is -1.98. The van der Waals surface area contributed by atoms with Gasteiger partial charge in [-0.1, -0.05) is 53.7 Å². The van der Waals surface area contributed by atoms with Crippen molar-refractivity contribution in [3.05, 3.63) is 70.6 Å². The molecule has 24 heavy (non-hydrogen) atoms. The quantitative estimate of drug-likeness (QED) is 0.546. The highest BCUT2D eigenvalue weighted by Crippen LogP contribution is 2.37. The third kappa shape index (κ3) is 4.30. The van der Waals surface area contributed by atoms with Crippen molar-refractivity contribution in [1.29, 1.82) is 0 Å². The molecule has 1 heterocycles. The average Bonchev–Trinajstić information content (AvgIpc) is 3.01. The Kier molecular flexibility index (Phi) is 5.43. The maximum Gasteiger partial charge on any atom is 0.277 e. The molecule has 0 amide bonds. The van der Waals surface area contributed by atoms with E-state index in [1.807, 2.05) is 55.5 Å². The van der Waals surface area contributed by atoms with E-state index in [4.69, 9.17) is 20.8 Å². The zero-order valence-corrected chi connectivity index (χ0v) is 15.0. The highest BCUT2D eigenvalue weighted by atomic mass is 35.5. The van der Waals surface area contributed by atoms with Gasteiger partial charge < -0.3 is 9.15 Å². The first-order valence-corrected chi connectivity index (χ1v) is 8.80. The molecule has 0 saturated carbocycles. The Morgan fingerprint density at radius 3 is 2.79 bits per heavy atom. The molecule has 0 saturated heterocycles. The van der Waals surface area contributed by atoms with Gasteiger partial charge in [-0.25, -0.2) is 0 Å². The van der Waals surface area contributed by atoms with Crippen molar-refractivity contribution in [2.75, 3.05) is 0 Å². The Morgan fingerprint density at radius 2 is 2.00 bits per heavy atom. The molecule has 0 aliphatic rings. The van der Waals surface area contributed by atoms with Crippen LogP contribution in [0.4, 0.5) is 0 Å². The van der Waals surface area contributed by atoms with Gasteiger partial charge in [-0.2, -0.15) is 0 Å². The summed E-state index contributed by atoms with van der Waals surface area (Å²) in [6.45, 7) is 4.32. The van der Waals surface area contributed by atoms with Crippen LogP contribution in [0.5, 0.6) is 5.75 Å². The van der Waals surface area contributed by atoms with E-state index in [-0.39, 0.29) is 11.9 Å². The predicted octanol–water partition coefficient (Wildman–Crippen LogP) is 5.46. The molecule has 1 unspecified atom stereocenters. The van der Waals surface area contributed by atoms with Crippen LogP contribution in [-0.2, 0) is 6.61 Å². The lowest BCUT2D eigenvalue weighted by Crippen LogP contribution is -1.95. The van der Waals surface area contributed by atoms with Crippen molar-refractivity contribution in [2.24, 2.45) is 0 Å². The summed E-state index contributed by atoms with van der Waals surface area (Å²) in [7, 11) is 0. The molecule has 0 aliphatic heterocycles. The number of aromatic nitrogens is 2. The number of halogens is 1. The summed E-state index contributed by atoms with van der Waals surface area (Å²) in [5.41, 5.74) is 2.18. The second kappa shape index (κ2) is 7.73. The number of rotatable bonds is 6. The van der Waals surface area contributed by atoms with Crippen molar-refractivity contribution in [2.45, 2.75) is 30.9 Å². The zero-order valence-electron chi connectivity index (χ0n) is 13.4. The van der Waals surface area contributed by atoms with Gasteiger partial charge in [-0.05, 0) is 43.2 Å². The minimum absolute atomic E-state index is 0.115. The van der Waals surface area contributed by atoms with Crippen LogP contribution in [0.25, 0.3) is 0 Å². The molecular formula is C18H17ClN2O2S. The van der Waals surface area contributed by atoms with Gasteiger partial charge in [-0.3, -0.25) is 0 Å². The number of ether oxygens (including phenoxy) is 1. The van der Waals surface area contributed by atoms with Gasteiger partial charge in [0.25, 0.3) is 11.1 Å². The maximum absolute atomic E-state index is 6.22. The summed E-state index contributed by atoms with van der Waals surface area (Å²) in [5.74, 6) is 1.23. The minimum atomic E-state index is 0.115. The number of nitrogens with zero attached hydrogens (tertiary/aromatic N) is 2. The number of hydrogen-bond acceptors (Lipinski definition) is 5. The summed E-state index contributed by atoms with van der Waals surface area (Å²) in [5, 5.41) is 9.45. The van der Waals surface area contributed by atoms with Crippen LogP contribution in [-0.4, -0.2) is 10.2 Å². The van der Waals surface area contributed by atoms with E-state index in [0.29, 0.717) is 11.1 Å². The number of hydrogen-bond donors (Lipinski definition) is 0. The second-order valence-electron chi connectivity index (χ2n) is 5.35. The molecule has 0 fully saturated rings. The van der Waals surface area contributed by atoms with Crippen LogP contribution < -0.4 is 4.74 Å². The Labute approximate surface area is 150 Å². The average molecular weight is 361 g/mol. The van der Waals surface area contributed by atoms with Crippen LogP contribution in [0, 0.1) is 6.92 Å². The van der Waals surface area contributed by atoms with Crippen molar-refractivity contribution in [3.8, 4) is 5.75 Å². The van der Waals surface area contributed by atoms with Crippen LogP contribution >= 0.6 is 23.4 Å². The van der Waals surface area contributed by atoms with Crippen molar-refractivity contribution in [3.63, 3.8) is 0 Å². The van der Waals surface area contributed by atoms with Crippen molar-refractivity contribution < 1.29 is 9.15 Å². The standard InChI is InChI=1S/C18H17ClN2O2S/c1-12-6-5-7-14(10-12)22-11-17-20-21-18(23-17)24-13(2)15-8-3-4-9-16(15)19/h3-10,13H,11H2,1-2H3. The van der Waals surface area contributed by atoms with Crippen molar-refractivity contribution >= 4 is 23.4 Å². The fourth-order valence-electron chi connectivity index (χ4n) is 2.21. The number of benzene rings is 2. The lowest BCUT2D eigenvalue weighted by molar-refractivity contribution is 0.252. The molecule has 1 atom stereocenters. The molecule has 0 bridgehead atoms.